The first-order valence-corrected chi connectivity index (χ1v) is 6.94. The number of hydrogen-bond donors (Lipinski definition) is 2. The van der Waals surface area contributed by atoms with Crippen molar-refractivity contribution in [3.63, 3.8) is 0 Å². The maximum absolute atomic E-state index is 9.07. The minimum atomic E-state index is 0.213. The molecule has 1 aromatic heterocycles. The molecule has 4 heteroatoms. The highest BCUT2D eigenvalue weighted by atomic mass is 32.1. The monoisotopic (exact) mass is 240 g/mol. The summed E-state index contributed by atoms with van der Waals surface area (Å²) < 4.78 is 0. The Balaban J connectivity index is 1.82. The fraction of sp³-hybridized carbons (Fsp3) is 0.750. The topological polar surface area (TPSA) is 45.1 Å². The van der Waals surface area contributed by atoms with Crippen molar-refractivity contribution >= 4 is 11.3 Å². The second-order valence-corrected chi connectivity index (χ2v) is 5.61. The molecule has 1 aromatic rings. The Hall–Kier alpha value is -0.450. The van der Waals surface area contributed by atoms with Crippen LogP contribution in [0.4, 0.5) is 0 Å². The van der Waals surface area contributed by atoms with Crippen LogP contribution in [0.25, 0.3) is 0 Å². The molecule has 1 unspecified atom stereocenters. The Morgan fingerprint density at radius 1 is 1.62 bits per heavy atom. The predicted octanol–water partition coefficient (Wildman–Crippen LogP) is 2.27. The number of nitrogens with zero attached hydrogens (tertiary/aromatic N) is 1. The van der Waals surface area contributed by atoms with E-state index in [9.17, 15) is 0 Å². The molecule has 1 atom stereocenters. The number of aliphatic hydroxyl groups is 1. The van der Waals surface area contributed by atoms with Crippen molar-refractivity contribution in [1.82, 2.24) is 10.3 Å². The van der Waals surface area contributed by atoms with Crippen molar-refractivity contribution in [2.45, 2.75) is 51.1 Å². The molecule has 2 N–H and O–H groups in total. The van der Waals surface area contributed by atoms with Crippen LogP contribution < -0.4 is 5.32 Å². The summed E-state index contributed by atoms with van der Waals surface area (Å²) in [6, 6.07) is 0.217. The van der Waals surface area contributed by atoms with E-state index < -0.39 is 0 Å². The summed E-state index contributed by atoms with van der Waals surface area (Å²) in [5, 5.41) is 13.7. The third-order valence-electron chi connectivity index (χ3n) is 3.30. The van der Waals surface area contributed by atoms with Gasteiger partial charge in [0.05, 0.1) is 11.6 Å². The van der Waals surface area contributed by atoms with Crippen LogP contribution in [-0.4, -0.2) is 22.7 Å². The van der Waals surface area contributed by atoms with E-state index in [-0.39, 0.29) is 12.6 Å². The molecule has 90 valence electrons. The third-order valence-corrected chi connectivity index (χ3v) is 4.46. The summed E-state index contributed by atoms with van der Waals surface area (Å²) in [6.07, 6.45) is 6.93. The van der Waals surface area contributed by atoms with Crippen LogP contribution in [0.5, 0.6) is 0 Å². The van der Waals surface area contributed by atoms with E-state index in [0.717, 1.165) is 18.9 Å². The normalized spacial score (nSPS) is 18.4. The van der Waals surface area contributed by atoms with Crippen LogP contribution in [0.1, 0.15) is 48.4 Å². The van der Waals surface area contributed by atoms with Crippen LogP contribution in [0.2, 0.25) is 0 Å². The number of rotatable bonds is 6. The van der Waals surface area contributed by atoms with Crippen molar-refractivity contribution in [2.75, 3.05) is 6.61 Å². The minimum Gasteiger partial charge on any atom is -0.395 e. The molecule has 0 spiro atoms. The predicted molar refractivity (Wildman–Crippen MR) is 66.7 cm³/mol. The van der Waals surface area contributed by atoms with Gasteiger partial charge >= 0.3 is 0 Å². The van der Waals surface area contributed by atoms with Crippen LogP contribution in [0.15, 0.2) is 6.20 Å². The highest BCUT2D eigenvalue weighted by molar-refractivity contribution is 7.11. The van der Waals surface area contributed by atoms with Gasteiger partial charge in [0.25, 0.3) is 0 Å². The molecule has 1 aliphatic rings. The molecule has 16 heavy (non-hydrogen) atoms. The van der Waals surface area contributed by atoms with Crippen molar-refractivity contribution in [3.8, 4) is 0 Å². The van der Waals surface area contributed by atoms with Crippen LogP contribution in [-0.2, 0) is 6.54 Å². The largest absolute Gasteiger partial charge is 0.395 e. The zero-order valence-electron chi connectivity index (χ0n) is 9.78. The quantitative estimate of drug-likeness (QED) is 0.802. The lowest BCUT2D eigenvalue weighted by Gasteiger charge is -2.22. The summed E-state index contributed by atoms with van der Waals surface area (Å²) in [5.74, 6) is 0.735. The van der Waals surface area contributed by atoms with Crippen molar-refractivity contribution in [3.05, 3.63) is 16.1 Å². The van der Waals surface area contributed by atoms with E-state index in [1.165, 1.54) is 29.1 Å². The lowest BCUT2D eigenvalue weighted by molar-refractivity contribution is 0.238. The first-order valence-electron chi connectivity index (χ1n) is 6.12. The first kappa shape index (κ1) is 12.0. The van der Waals surface area contributed by atoms with Gasteiger partial charge < -0.3 is 10.4 Å². The van der Waals surface area contributed by atoms with Gasteiger partial charge in [-0.05, 0) is 19.3 Å². The Morgan fingerprint density at radius 3 is 3.00 bits per heavy atom. The molecule has 1 aliphatic carbocycles. The Morgan fingerprint density at radius 2 is 2.44 bits per heavy atom. The summed E-state index contributed by atoms with van der Waals surface area (Å²) in [6.45, 7) is 3.13. The number of thiazole rings is 1. The second-order valence-electron chi connectivity index (χ2n) is 4.46. The molecule has 1 saturated carbocycles. The van der Waals surface area contributed by atoms with E-state index in [4.69, 9.17) is 5.11 Å². The van der Waals surface area contributed by atoms with Gasteiger partial charge in [0.2, 0.25) is 0 Å². The maximum atomic E-state index is 9.07. The summed E-state index contributed by atoms with van der Waals surface area (Å²) >= 11 is 1.82. The molecule has 1 heterocycles. The Kier molecular flexibility index (Phi) is 4.32. The van der Waals surface area contributed by atoms with E-state index >= 15 is 0 Å². The number of nitrogens with one attached hydrogen (secondary N) is 1. The highest BCUT2D eigenvalue weighted by Crippen LogP contribution is 2.38. The average Bonchev–Trinajstić information content (AvgIpc) is 2.65. The molecule has 0 bridgehead atoms. The third kappa shape index (κ3) is 2.81. The van der Waals surface area contributed by atoms with Gasteiger partial charge in [-0.25, -0.2) is 4.98 Å². The lowest BCUT2D eigenvalue weighted by Crippen LogP contribution is -2.30. The number of aliphatic hydroxyl groups excluding tert-OH is 1. The lowest BCUT2D eigenvalue weighted by atomic mass is 9.86. The van der Waals surface area contributed by atoms with Gasteiger partial charge in [-0.2, -0.15) is 0 Å². The molecular weight excluding hydrogens is 220 g/mol. The standard InChI is InChI=1S/C12H20N2OS/c1-2-10(8-15)13-6-11-7-14-12(16-11)9-4-3-5-9/h7,9-10,13,15H,2-6,8H2,1H3. The summed E-state index contributed by atoms with van der Waals surface area (Å²) in [7, 11) is 0. The Labute approximate surface area is 101 Å². The van der Waals surface area contributed by atoms with Crippen LogP contribution in [0, 0.1) is 0 Å². The smallest absolute Gasteiger partial charge is 0.0959 e. The van der Waals surface area contributed by atoms with Crippen LogP contribution >= 0.6 is 11.3 Å². The molecular formula is C12H20N2OS. The van der Waals surface area contributed by atoms with E-state index in [0.29, 0.717) is 0 Å². The van der Waals surface area contributed by atoms with E-state index in [1.807, 2.05) is 17.5 Å². The Bertz CT molecular complexity index is 319. The molecule has 3 nitrogen and oxygen atoms in total. The molecule has 1 fully saturated rings. The van der Waals surface area contributed by atoms with Gasteiger partial charge in [0.1, 0.15) is 0 Å². The zero-order chi connectivity index (χ0) is 11.4. The first-order chi connectivity index (χ1) is 7.83. The van der Waals surface area contributed by atoms with Gasteiger partial charge in [0, 0.05) is 29.6 Å². The SMILES string of the molecule is CCC(CO)NCc1cnc(C2CCC2)s1. The van der Waals surface area contributed by atoms with E-state index in [2.05, 4.69) is 17.2 Å². The van der Waals surface area contributed by atoms with Crippen molar-refractivity contribution in [1.29, 1.82) is 0 Å². The van der Waals surface area contributed by atoms with Gasteiger partial charge in [-0.1, -0.05) is 13.3 Å². The van der Waals surface area contributed by atoms with Crippen molar-refractivity contribution in [2.24, 2.45) is 0 Å². The summed E-state index contributed by atoms with van der Waals surface area (Å²) in [4.78, 5) is 5.77. The molecule has 2 rings (SSSR count). The molecule has 0 aliphatic heterocycles. The second kappa shape index (κ2) is 5.75. The molecule has 0 radical (unpaired) electrons. The molecule has 0 aromatic carbocycles. The summed E-state index contributed by atoms with van der Waals surface area (Å²) in [5.41, 5.74) is 0. The van der Waals surface area contributed by atoms with Gasteiger partial charge in [-0.15, -0.1) is 11.3 Å². The average molecular weight is 240 g/mol. The van der Waals surface area contributed by atoms with Gasteiger partial charge in [0.15, 0.2) is 0 Å². The molecule has 0 amide bonds. The number of aromatic nitrogens is 1. The van der Waals surface area contributed by atoms with Crippen LogP contribution in [0.3, 0.4) is 0 Å². The fourth-order valence-corrected chi connectivity index (χ4v) is 2.87. The van der Waals surface area contributed by atoms with E-state index in [1.54, 1.807) is 0 Å². The molecule has 0 saturated heterocycles. The van der Waals surface area contributed by atoms with Crippen molar-refractivity contribution < 1.29 is 5.11 Å². The number of hydrogen-bond acceptors (Lipinski definition) is 4. The maximum Gasteiger partial charge on any atom is 0.0959 e. The minimum absolute atomic E-state index is 0.213. The zero-order valence-corrected chi connectivity index (χ0v) is 10.6. The fourth-order valence-electron chi connectivity index (χ4n) is 1.83. The highest BCUT2D eigenvalue weighted by Gasteiger charge is 2.22. The van der Waals surface area contributed by atoms with Gasteiger partial charge in [-0.3, -0.25) is 0 Å².